The van der Waals surface area contributed by atoms with Gasteiger partial charge in [0.05, 0.1) is 6.54 Å². The molecule has 0 saturated heterocycles. The maximum absolute atomic E-state index is 11.7. The Hall–Kier alpha value is -2.49. The van der Waals surface area contributed by atoms with E-state index in [1.807, 2.05) is 62.4 Å². The predicted octanol–water partition coefficient (Wildman–Crippen LogP) is 2.88. The summed E-state index contributed by atoms with van der Waals surface area (Å²) in [4.78, 5) is 11.7. The molecule has 0 fully saturated rings. The molecule has 0 unspecified atom stereocenters. The third-order valence-corrected chi connectivity index (χ3v) is 3.04. The normalized spacial score (nSPS) is 10.1. The van der Waals surface area contributed by atoms with Gasteiger partial charge in [-0.05, 0) is 49.2 Å². The number of carbonyl (C=O) groups is 1. The van der Waals surface area contributed by atoms with E-state index >= 15 is 0 Å². The van der Waals surface area contributed by atoms with E-state index in [2.05, 4.69) is 5.32 Å². The number of aryl methyl sites for hydroxylation is 2. The summed E-state index contributed by atoms with van der Waals surface area (Å²) in [6, 6.07) is 15.4. The molecule has 2 aromatic rings. The molecule has 1 N–H and O–H groups in total. The summed E-state index contributed by atoms with van der Waals surface area (Å²) in [6.45, 7) is 4.88. The van der Waals surface area contributed by atoms with Crippen LogP contribution in [0.1, 0.15) is 11.1 Å². The number of hydrogen-bond acceptors (Lipinski definition) is 3. The van der Waals surface area contributed by atoms with Crippen molar-refractivity contribution in [2.45, 2.75) is 13.8 Å². The number of rotatable bonds is 7. The molecular formula is C18H21NO3. The van der Waals surface area contributed by atoms with Crippen LogP contribution in [0.2, 0.25) is 0 Å². The third-order valence-electron chi connectivity index (χ3n) is 3.04. The second kappa shape index (κ2) is 8.08. The molecule has 0 atom stereocenters. The number of ether oxygens (including phenoxy) is 2. The molecular weight excluding hydrogens is 278 g/mol. The second-order valence-electron chi connectivity index (χ2n) is 5.12. The third kappa shape index (κ3) is 5.48. The first kappa shape index (κ1) is 15.9. The van der Waals surface area contributed by atoms with Gasteiger partial charge in [-0.1, -0.05) is 24.3 Å². The summed E-state index contributed by atoms with van der Waals surface area (Å²) in [5.41, 5.74) is 2.25. The van der Waals surface area contributed by atoms with Crippen LogP contribution in [0.15, 0.2) is 48.5 Å². The zero-order valence-corrected chi connectivity index (χ0v) is 13.0. The monoisotopic (exact) mass is 299 g/mol. The molecule has 0 spiro atoms. The highest BCUT2D eigenvalue weighted by Gasteiger charge is 2.02. The van der Waals surface area contributed by atoms with Crippen LogP contribution in [-0.2, 0) is 4.79 Å². The highest BCUT2D eigenvalue weighted by molar-refractivity contribution is 5.77. The fraction of sp³-hybridized carbons (Fsp3) is 0.278. The Morgan fingerprint density at radius 3 is 2.14 bits per heavy atom. The van der Waals surface area contributed by atoms with E-state index in [1.54, 1.807) is 0 Å². The molecule has 4 heteroatoms. The first-order chi connectivity index (χ1) is 10.6. The van der Waals surface area contributed by atoms with Gasteiger partial charge in [-0.2, -0.15) is 0 Å². The summed E-state index contributed by atoms with van der Waals surface area (Å²) in [5.74, 6) is 1.35. The van der Waals surface area contributed by atoms with E-state index in [1.165, 1.54) is 0 Å². The van der Waals surface area contributed by atoms with Crippen molar-refractivity contribution < 1.29 is 14.3 Å². The standard InChI is InChI=1S/C18H21NO3/c1-14-5-3-7-16(11-14)21-10-9-19-18(20)13-22-17-8-4-6-15(2)12-17/h3-8,11-12H,9-10,13H2,1-2H3,(H,19,20). The number of benzene rings is 2. The molecule has 0 bridgehead atoms. The van der Waals surface area contributed by atoms with Gasteiger partial charge < -0.3 is 14.8 Å². The Balaban J connectivity index is 1.63. The highest BCUT2D eigenvalue weighted by atomic mass is 16.5. The van der Waals surface area contributed by atoms with E-state index in [0.717, 1.165) is 16.9 Å². The van der Waals surface area contributed by atoms with Gasteiger partial charge in [-0.25, -0.2) is 0 Å². The van der Waals surface area contributed by atoms with Crippen LogP contribution in [0.3, 0.4) is 0 Å². The van der Waals surface area contributed by atoms with Crippen LogP contribution in [0, 0.1) is 13.8 Å². The Bertz CT molecular complexity index is 625. The van der Waals surface area contributed by atoms with Crippen LogP contribution < -0.4 is 14.8 Å². The zero-order chi connectivity index (χ0) is 15.8. The molecule has 4 nitrogen and oxygen atoms in total. The smallest absolute Gasteiger partial charge is 0.258 e. The lowest BCUT2D eigenvalue weighted by atomic mass is 10.2. The Morgan fingerprint density at radius 2 is 1.55 bits per heavy atom. The predicted molar refractivity (Wildman–Crippen MR) is 86.4 cm³/mol. The van der Waals surface area contributed by atoms with E-state index in [4.69, 9.17) is 9.47 Å². The zero-order valence-electron chi connectivity index (χ0n) is 13.0. The fourth-order valence-corrected chi connectivity index (χ4v) is 1.97. The first-order valence-electron chi connectivity index (χ1n) is 7.29. The molecule has 2 rings (SSSR count). The van der Waals surface area contributed by atoms with Crippen LogP contribution in [0.5, 0.6) is 11.5 Å². The minimum absolute atomic E-state index is 0.00784. The molecule has 2 aromatic carbocycles. The average molecular weight is 299 g/mol. The molecule has 22 heavy (non-hydrogen) atoms. The van der Waals surface area contributed by atoms with Crippen molar-refractivity contribution in [3.8, 4) is 11.5 Å². The van der Waals surface area contributed by atoms with E-state index < -0.39 is 0 Å². The fourth-order valence-electron chi connectivity index (χ4n) is 1.97. The van der Waals surface area contributed by atoms with Gasteiger partial charge in [-0.3, -0.25) is 4.79 Å². The molecule has 0 radical (unpaired) electrons. The topological polar surface area (TPSA) is 47.6 Å². The maximum Gasteiger partial charge on any atom is 0.258 e. The Morgan fingerprint density at radius 1 is 0.955 bits per heavy atom. The van der Waals surface area contributed by atoms with Crippen LogP contribution in [0.25, 0.3) is 0 Å². The first-order valence-corrected chi connectivity index (χ1v) is 7.29. The van der Waals surface area contributed by atoms with Crippen molar-refractivity contribution in [1.29, 1.82) is 0 Å². The van der Waals surface area contributed by atoms with E-state index in [0.29, 0.717) is 18.9 Å². The van der Waals surface area contributed by atoms with E-state index in [9.17, 15) is 4.79 Å². The average Bonchev–Trinajstić information content (AvgIpc) is 2.50. The van der Waals surface area contributed by atoms with Crippen molar-refractivity contribution in [1.82, 2.24) is 5.32 Å². The lowest BCUT2D eigenvalue weighted by Crippen LogP contribution is -2.32. The lowest BCUT2D eigenvalue weighted by Gasteiger charge is -2.09. The van der Waals surface area contributed by atoms with E-state index in [-0.39, 0.29) is 12.5 Å². The Kier molecular flexibility index (Phi) is 5.83. The molecule has 0 aliphatic carbocycles. The van der Waals surface area contributed by atoms with Gasteiger partial charge in [0.25, 0.3) is 5.91 Å². The largest absolute Gasteiger partial charge is 0.492 e. The number of nitrogens with one attached hydrogen (secondary N) is 1. The molecule has 1 amide bonds. The summed E-state index contributed by atoms with van der Waals surface area (Å²) in [7, 11) is 0. The van der Waals surface area contributed by atoms with Crippen LogP contribution >= 0.6 is 0 Å². The van der Waals surface area contributed by atoms with Gasteiger partial charge >= 0.3 is 0 Å². The van der Waals surface area contributed by atoms with Crippen LogP contribution in [0.4, 0.5) is 0 Å². The number of hydrogen-bond donors (Lipinski definition) is 1. The lowest BCUT2D eigenvalue weighted by molar-refractivity contribution is -0.123. The van der Waals surface area contributed by atoms with Gasteiger partial charge in [0.2, 0.25) is 0 Å². The number of carbonyl (C=O) groups excluding carboxylic acids is 1. The summed E-state index contributed by atoms with van der Waals surface area (Å²) in [5, 5.41) is 2.76. The molecule has 0 heterocycles. The highest BCUT2D eigenvalue weighted by Crippen LogP contribution is 2.12. The van der Waals surface area contributed by atoms with Gasteiger partial charge in [0, 0.05) is 0 Å². The van der Waals surface area contributed by atoms with Gasteiger partial charge in [0.1, 0.15) is 18.1 Å². The summed E-state index contributed by atoms with van der Waals surface area (Å²) in [6.07, 6.45) is 0. The summed E-state index contributed by atoms with van der Waals surface area (Å²) >= 11 is 0. The quantitative estimate of drug-likeness (QED) is 0.800. The van der Waals surface area contributed by atoms with Crippen molar-refractivity contribution in [3.05, 3.63) is 59.7 Å². The Labute approximate surface area is 131 Å². The van der Waals surface area contributed by atoms with Crippen molar-refractivity contribution in [3.63, 3.8) is 0 Å². The van der Waals surface area contributed by atoms with Crippen molar-refractivity contribution >= 4 is 5.91 Å². The second-order valence-corrected chi connectivity index (χ2v) is 5.12. The molecule has 0 aromatic heterocycles. The number of amides is 1. The van der Waals surface area contributed by atoms with Crippen molar-refractivity contribution in [2.24, 2.45) is 0 Å². The minimum Gasteiger partial charge on any atom is -0.492 e. The van der Waals surface area contributed by atoms with Crippen molar-refractivity contribution in [2.75, 3.05) is 19.8 Å². The maximum atomic E-state index is 11.7. The van der Waals surface area contributed by atoms with Gasteiger partial charge in [0.15, 0.2) is 6.61 Å². The molecule has 0 saturated carbocycles. The minimum atomic E-state index is -0.158. The molecule has 116 valence electrons. The molecule has 0 aliphatic rings. The SMILES string of the molecule is Cc1cccc(OCCNC(=O)COc2cccc(C)c2)c1. The molecule has 0 aliphatic heterocycles. The van der Waals surface area contributed by atoms with Gasteiger partial charge in [-0.15, -0.1) is 0 Å². The summed E-state index contributed by atoms with van der Waals surface area (Å²) < 4.78 is 11.0. The van der Waals surface area contributed by atoms with Crippen LogP contribution in [-0.4, -0.2) is 25.7 Å².